The van der Waals surface area contributed by atoms with Gasteiger partial charge in [0, 0.05) is 0 Å². The molecule has 0 unspecified atom stereocenters. The highest BCUT2D eigenvalue weighted by Crippen LogP contribution is 2.26. The molecule has 0 saturated carbocycles. The predicted octanol–water partition coefficient (Wildman–Crippen LogP) is 1.56. The molecule has 0 atom stereocenters. The van der Waals surface area contributed by atoms with Crippen molar-refractivity contribution in [3.63, 3.8) is 0 Å². The van der Waals surface area contributed by atoms with Crippen LogP contribution in [0.4, 0.5) is 14.5 Å². The lowest BCUT2D eigenvalue weighted by atomic mass is 10.3. The van der Waals surface area contributed by atoms with Crippen LogP contribution in [-0.2, 0) is 0 Å². The van der Waals surface area contributed by atoms with Gasteiger partial charge in [0.05, 0.1) is 7.11 Å². The summed E-state index contributed by atoms with van der Waals surface area (Å²) < 4.78 is 29.8. The van der Waals surface area contributed by atoms with Crippen LogP contribution in [0.1, 0.15) is 0 Å². The van der Waals surface area contributed by atoms with Crippen molar-refractivity contribution < 1.29 is 13.5 Å². The molecule has 1 aromatic rings. The molecule has 2 N–H and O–H groups in total. The van der Waals surface area contributed by atoms with Crippen molar-refractivity contribution >= 4 is 5.69 Å². The minimum absolute atomic E-state index is 0.245. The molecule has 4 heteroatoms. The topological polar surface area (TPSA) is 35.2 Å². The summed E-state index contributed by atoms with van der Waals surface area (Å²) >= 11 is 0. The number of nitrogen functional groups attached to an aromatic ring is 1. The monoisotopic (exact) mass is 159 g/mol. The zero-order valence-electron chi connectivity index (χ0n) is 5.90. The van der Waals surface area contributed by atoms with Gasteiger partial charge in [-0.05, 0) is 12.1 Å². The molecular formula is C7H7F2NO. The number of ether oxygens (including phenoxy) is 1. The number of rotatable bonds is 1. The second-order valence-corrected chi connectivity index (χ2v) is 1.98. The number of methoxy groups -OCH3 is 1. The van der Waals surface area contributed by atoms with E-state index in [0.717, 1.165) is 12.1 Å². The number of hydrogen-bond donors (Lipinski definition) is 1. The van der Waals surface area contributed by atoms with Gasteiger partial charge >= 0.3 is 0 Å². The van der Waals surface area contributed by atoms with Crippen molar-refractivity contribution in [1.29, 1.82) is 0 Å². The van der Waals surface area contributed by atoms with Crippen LogP contribution in [0, 0.1) is 11.6 Å². The second kappa shape index (κ2) is 2.74. The summed E-state index contributed by atoms with van der Waals surface area (Å²) in [5.41, 5.74) is 4.86. The summed E-state index contributed by atoms with van der Waals surface area (Å²) in [6.07, 6.45) is 0. The number of halogens is 2. The van der Waals surface area contributed by atoms with Crippen LogP contribution in [0.15, 0.2) is 12.1 Å². The van der Waals surface area contributed by atoms with Crippen LogP contribution in [-0.4, -0.2) is 7.11 Å². The van der Waals surface area contributed by atoms with Crippen molar-refractivity contribution in [2.75, 3.05) is 12.8 Å². The third-order valence-electron chi connectivity index (χ3n) is 1.30. The summed E-state index contributed by atoms with van der Waals surface area (Å²) in [5.74, 6) is -1.58. The fourth-order valence-electron chi connectivity index (χ4n) is 0.756. The van der Waals surface area contributed by atoms with Gasteiger partial charge in [0.25, 0.3) is 0 Å². The summed E-state index contributed by atoms with van der Waals surface area (Å²) in [5, 5.41) is 0. The lowest BCUT2D eigenvalue weighted by Crippen LogP contribution is -1.98. The van der Waals surface area contributed by atoms with E-state index in [4.69, 9.17) is 5.73 Å². The lowest BCUT2D eigenvalue weighted by Gasteiger charge is -2.04. The zero-order valence-corrected chi connectivity index (χ0v) is 5.90. The maximum Gasteiger partial charge on any atom is 0.180 e. The first kappa shape index (κ1) is 7.78. The summed E-state index contributed by atoms with van der Waals surface area (Å²) in [4.78, 5) is 0. The molecule has 1 rings (SSSR count). The van der Waals surface area contributed by atoms with Gasteiger partial charge < -0.3 is 10.5 Å². The molecule has 0 fully saturated rings. The van der Waals surface area contributed by atoms with E-state index >= 15 is 0 Å². The van der Waals surface area contributed by atoms with Crippen LogP contribution in [0.5, 0.6) is 5.75 Å². The Morgan fingerprint density at radius 3 is 2.27 bits per heavy atom. The highest BCUT2D eigenvalue weighted by atomic mass is 19.1. The molecular weight excluding hydrogens is 152 g/mol. The fourth-order valence-corrected chi connectivity index (χ4v) is 0.756. The van der Waals surface area contributed by atoms with Gasteiger partial charge in [-0.25, -0.2) is 8.78 Å². The first-order valence-electron chi connectivity index (χ1n) is 2.94. The van der Waals surface area contributed by atoms with Gasteiger partial charge in [0.2, 0.25) is 0 Å². The Hall–Kier alpha value is -1.32. The van der Waals surface area contributed by atoms with E-state index in [1.54, 1.807) is 0 Å². The number of anilines is 1. The van der Waals surface area contributed by atoms with Crippen molar-refractivity contribution in [1.82, 2.24) is 0 Å². The van der Waals surface area contributed by atoms with Gasteiger partial charge in [0.15, 0.2) is 11.6 Å². The lowest BCUT2D eigenvalue weighted by molar-refractivity contribution is 0.386. The normalized spacial score (nSPS) is 9.73. The SMILES string of the molecule is COc1c(F)ccc(F)c1N. The van der Waals surface area contributed by atoms with E-state index < -0.39 is 11.6 Å². The van der Waals surface area contributed by atoms with Crippen LogP contribution in [0.25, 0.3) is 0 Å². The Balaban J connectivity index is 3.29. The first-order valence-corrected chi connectivity index (χ1v) is 2.94. The maximum absolute atomic E-state index is 12.7. The highest BCUT2D eigenvalue weighted by molar-refractivity contribution is 5.53. The molecule has 0 aromatic heterocycles. The van der Waals surface area contributed by atoms with Crippen LogP contribution < -0.4 is 10.5 Å². The average Bonchev–Trinajstić information content (AvgIpc) is 1.99. The van der Waals surface area contributed by atoms with Gasteiger partial charge in [0.1, 0.15) is 11.5 Å². The molecule has 0 saturated heterocycles. The third-order valence-corrected chi connectivity index (χ3v) is 1.30. The standard InChI is InChI=1S/C7H7F2NO/c1-11-7-5(9)3-2-4(8)6(7)10/h2-3H,10H2,1H3. The van der Waals surface area contributed by atoms with Crippen molar-refractivity contribution in [3.8, 4) is 5.75 Å². The molecule has 0 aliphatic rings. The summed E-state index contributed by atoms with van der Waals surface area (Å²) in [7, 11) is 1.23. The van der Waals surface area contributed by atoms with Crippen molar-refractivity contribution in [2.24, 2.45) is 0 Å². The Morgan fingerprint density at radius 1 is 1.27 bits per heavy atom. The quantitative estimate of drug-likeness (QED) is 0.631. The van der Waals surface area contributed by atoms with Crippen molar-refractivity contribution in [3.05, 3.63) is 23.8 Å². The first-order chi connectivity index (χ1) is 5.16. The molecule has 0 aliphatic carbocycles. The number of hydrogen-bond acceptors (Lipinski definition) is 2. The van der Waals surface area contributed by atoms with Gasteiger partial charge in [-0.15, -0.1) is 0 Å². The Labute approximate surface area is 62.6 Å². The molecule has 2 nitrogen and oxygen atoms in total. The number of benzene rings is 1. The van der Waals surface area contributed by atoms with Gasteiger partial charge in [-0.2, -0.15) is 0 Å². The molecule has 60 valence electrons. The maximum atomic E-state index is 12.7. The molecule has 1 aromatic carbocycles. The summed E-state index contributed by atoms with van der Waals surface area (Å²) in [6, 6.07) is 1.91. The zero-order chi connectivity index (χ0) is 8.43. The minimum atomic E-state index is -0.678. The van der Waals surface area contributed by atoms with Crippen LogP contribution in [0.3, 0.4) is 0 Å². The molecule has 0 radical (unpaired) electrons. The van der Waals surface area contributed by atoms with Crippen LogP contribution >= 0.6 is 0 Å². The van der Waals surface area contributed by atoms with Gasteiger partial charge in [-0.1, -0.05) is 0 Å². The van der Waals surface area contributed by atoms with E-state index in [1.165, 1.54) is 7.11 Å². The van der Waals surface area contributed by atoms with Crippen molar-refractivity contribution in [2.45, 2.75) is 0 Å². The van der Waals surface area contributed by atoms with E-state index in [2.05, 4.69) is 4.74 Å². The largest absolute Gasteiger partial charge is 0.491 e. The van der Waals surface area contributed by atoms with E-state index in [-0.39, 0.29) is 11.4 Å². The molecule has 0 heterocycles. The van der Waals surface area contributed by atoms with E-state index in [9.17, 15) is 8.78 Å². The van der Waals surface area contributed by atoms with Gasteiger partial charge in [-0.3, -0.25) is 0 Å². The molecule has 0 spiro atoms. The van der Waals surface area contributed by atoms with Crippen LogP contribution in [0.2, 0.25) is 0 Å². The minimum Gasteiger partial charge on any atom is -0.491 e. The molecule has 0 aliphatic heterocycles. The molecule has 0 amide bonds. The molecule has 11 heavy (non-hydrogen) atoms. The summed E-state index contributed by atoms with van der Waals surface area (Å²) in [6.45, 7) is 0. The fraction of sp³-hybridized carbons (Fsp3) is 0.143. The van der Waals surface area contributed by atoms with E-state index in [1.807, 2.05) is 0 Å². The number of nitrogens with two attached hydrogens (primary N) is 1. The predicted molar refractivity (Wildman–Crippen MR) is 37.3 cm³/mol. The second-order valence-electron chi connectivity index (χ2n) is 1.98. The smallest absolute Gasteiger partial charge is 0.180 e. The highest BCUT2D eigenvalue weighted by Gasteiger charge is 2.09. The Kier molecular flexibility index (Phi) is 1.94. The Morgan fingerprint density at radius 2 is 1.82 bits per heavy atom. The van der Waals surface area contributed by atoms with E-state index in [0.29, 0.717) is 0 Å². The third kappa shape index (κ3) is 1.24. The Bertz CT molecular complexity index is 275. The average molecular weight is 159 g/mol. The molecule has 0 bridgehead atoms.